The van der Waals surface area contributed by atoms with E-state index in [1.165, 1.54) is 70.6 Å². The lowest BCUT2D eigenvalue weighted by Crippen LogP contribution is -2.43. The van der Waals surface area contributed by atoms with Crippen molar-refractivity contribution in [2.24, 2.45) is 0 Å². The second-order valence-corrected chi connectivity index (χ2v) is 5.80. The summed E-state index contributed by atoms with van der Waals surface area (Å²) in [6.07, 6.45) is 17.6. The maximum Gasteiger partial charge on any atom is 0.0953 e. The van der Waals surface area contributed by atoms with E-state index in [2.05, 4.69) is 5.32 Å². The molecule has 0 heterocycles. The molecule has 0 aromatic rings. The van der Waals surface area contributed by atoms with E-state index < -0.39 is 0 Å². The van der Waals surface area contributed by atoms with Gasteiger partial charge in [0.15, 0.2) is 0 Å². The summed E-state index contributed by atoms with van der Waals surface area (Å²) in [5, 5.41) is 3.34. The lowest BCUT2D eigenvalue weighted by Gasteiger charge is -2.30. The van der Waals surface area contributed by atoms with Crippen molar-refractivity contribution in [3.8, 4) is 0 Å². The highest BCUT2D eigenvalue weighted by atomic mass is 14.9. The van der Waals surface area contributed by atoms with Crippen LogP contribution in [0.4, 0.5) is 0 Å². The monoisotopic (exact) mass is 235 g/mol. The Morgan fingerprint density at radius 2 is 0.941 bits per heavy atom. The van der Waals surface area contributed by atoms with Gasteiger partial charge in [-0.1, -0.05) is 70.6 Å². The van der Waals surface area contributed by atoms with Gasteiger partial charge in [0, 0.05) is 0 Å². The van der Waals surface area contributed by atoms with Crippen LogP contribution in [0.25, 0.3) is 0 Å². The van der Waals surface area contributed by atoms with Crippen LogP contribution in [0.2, 0.25) is 0 Å². The average molecular weight is 235 g/mol. The molecule has 2 radical (unpaired) electrons. The number of hydrogen-bond acceptors (Lipinski definition) is 1. The fraction of sp³-hybridized carbons (Fsp3) is 1.00. The Bertz CT molecular complexity index is 168. The Kier molecular flexibility index (Phi) is 8.00. The molecule has 17 heavy (non-hydrogen) atoms. The van der Waals surface area contributed by atoms with E-state index in [0.717, 1.165) is 12.8 Å². The summed E-state index contributed by atoms with van der Waals surface area (Å²) >= 11 is 0. The van der Waals surface area contributed by atoms with Crippen LogP contribution in [-0.4, -0.2) is 20.3 Å². The lowest BCUT2D eigenvalue weighted by atomic mass is 9.70. The highest BCUT2D eigenvalue weighted by Gasteiger charge is 2.19. The first-order chi connectivity index (χ1) is 8.27. The molecular formula is C15H30BN. The summed E-state index contributed by atoms with van der Waals surface area (Å²) < 4.78 is 0. The van der Waals surface area contributed by atoms with Crippen LogP contribution in [0.3, 0.4) is 0 Å². The van der Waals surface area contributed by atoms with Crippen molar-refractivity contribution in [1.82, 2.24) is 5.32 Å². The van der Waals surface area contributed by atoms with Crippen LogP contribution in [-0.2, 0) is 0 Å². The van der Waals surface area contributed by atoms with Crippen LogP contribution in [0.1, 0.15) is 83.5 Å². The van der Waals surface area contributed by atoms with Crippen molar-refractivity contribution in [2.75, 3.05) is 7.05 Å². The average Bonchev–Trinajstić information content (AvgIpc) is 2.34. The van der Waals surface area contributed by atoms with Crippen molar-refractivity contribution in [3.05, 3.63) is 0 Å². The van der Waals surface area contributed by atoms with Crippen LogP contribution in [0.15, 0.2) is 0 Å². The fourth-order valence-corrected chi connectivity index (χ4v) is 2.85. The molecular weight excluding hydrogens is 205 g/mol. The molecule has 0 spiro atoms. The second-order valence-electron chi connectivity index (χ2n) is 5.80. The standard InChI is InChI=1S/C15H30BN/c1-17-15(16)13-11-9-7-5-3-2-4-6-8-10-12-14-15/h17H,2-14H2,1H3. The van der Waals surface area contributed by atoms with E-state index >= 15 is 0 Å². The topological polar surface area (TPSA) is 12.0 Å². The summed E-state index contributed by atoms with van der Waals surface area (Å²) in [5.74, 6) is 0. The third kappa shape index (κ3) is 7.13. The van der Waals surface area contributed by atoms with Gasteiger partial charge in [-0.25, -0.2) is 0 Å². The van der Waals surface area contributed by atoms with Gasteiger partial charge in [-0.15, -0.1) is 0 Å². The van der Waals surface area contributed by atoms with E-state index in [4.69, 9.17) is 7.85 Å². The fourth-order valence-electron chi connectivity index (χ4n) is 2.85. The normalized spacial score (nSPS) is 25.0. The molecule has 0 amide bonds. The summed E-state index contributed by atoms with van der Waals surface area (Å²) in [4.78, 5) is 0. The van der Waals surface area contributed by atoms with E-state index in [1.54, 1.807) is 0 Å². The molecule has 1 N–H and O–H groups in total. The third-order valence-corrected chi connectivity index (χ3v) is 4.24. The Balaban J connectivity index is 2.29. The van der Waals surface area contributed by atoms with Gasteiger partial charge in [-0.3, -0.25) is 0 Å². The van der Waals surface area contributed by atoms with Gasteiger partial charge < -0.3 is 5.32 Å². The first-order valence-electron chi connectivity index (χ1n) is 7.75. The van der Waals surface area contributed by atoms with Crippen LogP contribution >= 0.6 is 0 Å². The minimum absolute atomic E-state index is 0.0931. The summed E-state index contributed by atoms with van der Waals surface area (Å²) in [7, 11) is 8.41. The molecule has 0 saturated heterocycles. The van der Waals surface area contributed by atoms with E-state index in [0.29, 0.717) is 0 Å². The second kappa shape index (κ2) is 9.02. The summed E-state index contributed by atoms with van der Waals surface area (Å²) in [5.41, 5.74) is -0.0931. The molecule has 1 fully saturated rings. The van der Waals surface area contributed by atoms with Crippen molar-refractivity contribution in [2.45, 2.75) is 88.9 Å². The van der Waals surface area contributed by atoms with Crippen LogP contribution in [0.5, 0.6) is 0 Å². The molecule has 98 valence electrons. The van der Waals surface area contributed by atoms with Gasteiger partial charge in [0.05, 0.1) is 7.85 Å². The van der Waals surface area contributed by atoms with Gasteiger partial charge >= 0.3 is 0 Å². The number of hydrogen-bond donors (Lipinski definition) is 1. The van der Waals surface area contributed by atoms with Gasteiger partial charge in [-0.05, 0) is 25.3 Å². The largest absolute Gasteiger partial charge is 0.323 e. The maximum atomic E-state index is 6.40. The van der Waals surface area contributed by atoms with Crippen molar-refractivity contribution in [1.29, 1.82) is 0 Å². The Morgan fingerprint density at radius 1 is 0.647 bits per heavy atom. The van der Waals surface area contributed by atoms with Crippen molar-refractivity contribution in [3.63, 3.8) is 0 Å². The molecule has 1 rings (SSSR count). The van der Waals surface area contributed by atoms with Crippen molar-refractivity contribution >= 4 is 7.85 Å². The van der Waals surface area contributed by atoms with Gasteiger partial charge in [0.25, 0.3) is 0 Å². The molecule has 1 aliphatic rings. The van der Waals surface area contributed by atoms with Gasteiger partial charge in [-0.2, -0.15) is 0 Å². The van der Waals surface area contributed by atoms with Gasteiger partial charge in [0.2, 0.25) is 0 Å². The molecule has 0 atom stereocenters. The Labute approximate surface area is 110 Å². The number of nitrogens with one attached hydrogen (secondary N) is 1. The van der Waals surface area contributed by atoms with Crippen molar-refractivity contribution < 1.29 is 0 Å². The molecule has 1 aliphatic carbocycles. The molecule has 1 saturated carbocycles. The molecule has 2 heteroatoms. The zero-order valence-electron chi connectivity index (χ0n) is 11.8. The first kappa shape index (κ1) is 15.1. The zero-order valence-corrected chi connectivity index (χ0v) is 11.8. The van der Waals surface area contributed by atoms with E-state index in [-0.39, 0.29) is 5.44 Å². The van der Waals surface area contributed by atoms with Crippen LogP contribution < -0.4 is 5.32 Å². The predicted molar refractivity (Wildman–Crippen MR) is 77.6 cm³/mol. The third-order valence-electron chi connectivity index (χ3n) is 4.24. The molecule has 1 nitrogen and oxygen atoms in total. The molecule has 0 aromatic carbocycles. The SMILES string of the molecule is [B]C1(NC)CCCCCCCCCCCCC1. The predicted octanol–water partition coefficient (Wildman–Crippen LogP) is 4.16. The molecule has 0 aliphatic heterocycles. The molecule has 0 aromatic heterocycles. The lowest BCUT2D eigenvalue weighted by molar-refractivity contribution is 0.385. The molecule has 0 unspecified atom stereocenters. The number of rotatable bonds is 1. The highest BCUT2D eigenvalue weighted by molar-refractivity contribution is 6.15. The van der Waals surface area contributed by atoms with Crippen LogP contribution in [0, 0.1) is 0 Å². The molecule has 0 bridgehead atoms. The minimum atomic E-state index is -0.0931. The summed E-state index contributed by atoms with van der Waals surface area (Å²) in [6.45, 7) is 0. The maximum absolute atomic E-state index is 6.40. The zero-order chi connectivity index (χ0) is 12.4. The Morgan fingerprint density at radius 3 is 1.24 bits per heavy atom. The Hall–Kier alpha value is 0.0249. The van der Waals surface area contributed by atoms with Gasteiger partial charge in [0.1, 0.15) is 0 Å². The summed E-state index contributed by atoms with van der Waals surface area (Å²) in [6, 6.07) is 0. The van der Waals surface area contributed by atoms with E-state index in [1.807, 2.05) is 7.05 Å². The first-order valence-corrected chi connectivity index (χ1v) is 7.75. The smallest absolute Gasteiger partial charge is 0.0953 e. The highest BCUT2D eigenvalue weighted by Crippen LogP contribution is 2.21. The quantitative estimate of drug-likeness (QED) is 0.673. The van der Waals surface area contributed by atoms with E-state index in [9.17, 15) is 0 Å². The minimum Gasteiger partial charge on any atom is -0.323 e.